The lowest BCUT2D eigenvalue weighted by molar-refractivity contribution is 0.0993. The van der Waals surface area contributed by atoms with Crippen LogP contribution in [0, 0.1) is 5.92 Å². The van der Waals surface area contributed by atoms with Crippen molar-refractivity contribution in [3.8, 4) is 5.75 Å². The van der Waals surface area contributed by atoms with E-state index in [1.807, 2.05) is 0 Å². The van der Waals surface area contributed by atoms with Crippen LogP contribution in [-0.2, 0) is 0 Å². The Kier molecular flexibility index (Phi) is 2.99. The number of ether oxygens (including phenoxy) is 1. The third-order valence-electron chi connectivity index (χ3n) is 2.97. The Morgan fingerprint density at radius 2 is 2.19 bits per heavy atom. The molecule has 0 aliphatic heterocycles. The molecule has 1 saturated carbocycles. The van der Waals surface area contributed by atoms with Gasteiger partial charge in [0.05, 0.1) is 12.2 Å². The standard InChI is InChI=1S/C12H16N2O2/c13-9-4-5-11(10(6-9)12(14)15)16-7-8-2-1-3-8/h4-6,8H,1-3,7,13H2,(H2,14,15). The molecule has 4 N–H and O–H groups in total. The number of rotatable bonds is 4. The summed E-state index contributed by atoms with van der Waals surface area (Å²) in [7, 11) is 0. The molecule has 0 saturated heterocycles. The van der Waals surface area contributed by atoms with Gasteiger partial charge in [-0.05, 0) is 37.0 Å². The van der Waals surface area contributed by atoms with Crippen molar-refractivity contribution in [3.05, 3.63) is 23.8 Å². The summed E-state index contributed by atoms with van der Waals surface area (Å²) in [5, 5.41) is 0. The normalized spacial score (nSPS) is 15.5. The molecule has 86 valence electrons. The van der Waals surface area contributed by atoms with E-state index in [0.29, 0.717) is 29.5 Å². The topological polar surface area (TPSA) is 78.3 Å². The number of hydrogen-bond donors (Lipinski definition) is 2. The van der Waals surface area contributed by atoms with Gasteiger partial charge < -0.3 is 16.2 Å². The monoisotopic (exact) mass is 220 g/mol. The van der Waals surface area contributed by atoms with Gasteiger partial charge in [-0.2, -0.15) is 0 Å². The lowest BCUT2D eigenvalue weighted by Crippen LogP contribution is -2.21. The van der Waals surface area contributed by atoms with E-state index in [-0.39, 0.29) is 0 Å². The fraction of sp³-hybridized carbons (Fsp3) is 0.417. The average Bonchev–Trinajstić information content (AvgIpc) is 2.17. The van der Waals surface area contributed by atoms with Crippen LogP contribution < -0.4 is 16.2 Å². The van der Waals surface area contributed by atoms with Crippen molar-refractivity contribution in [2.24, 2.45) is 11.7 Å². The number of carbonyl (C=O) groups is 1. The van der Waals surface area contributed by atoms with Crippen LogP contribution >= 0.6 is 0 Å². The molecule has 4 nitrogen and oxygen atoms in total. The molecule has 0 aromatic heterocycles. The van der Waals surface area contributed by atoms with Gasteiger partial charge in [0.25, 0.3) is 5.91 Å². The summed E-state index contributed by atoms with van der Waals surface area (Å²) < 4.78 is 5.60. The summed E-state index contributed by atoms with van der Waals surface area (Å²) >= 11 is 0. The van der Waals surface area contributed by atoms with Gasteiger partial charge in [0.2, 0.25) is 0 Å². The first kappa shape index (κ1) is 10.8. The van der Waals surface area contributed by atoms with Gasteiger partial charge >= 0.3 is 0 Å². The quantitative estimate of drug-likeness (QED) is 0.755. The van der Waals surface area contributed by atoms with Crippen LogP contribution in [0.15, 0.2) is 18.2 Å². The zero-order valence-corrected chi connectivity index (χ0v) is 9.11. The molecule has 2 rings (SSSR count). The maximum absolute atomic E-state index is 11.2. The maximum atomic E-state index is 11.2. The van der Waals surface area contributed by atoms with E-state index in [0.717, 1.165) is 0 Å². The molecule has 1 aliphatic rings. The lowest BCUT2D eigenvalue weighted by Gasteiger charge is -2.25. The van der Waals surface area contributed by atoms with Crippen LogP contribution in [0.5, 0.6) is 5.75 Å². The molecular weight excluding hydrogens is 204 g/mol. The van der Waals surface area contributed by atoms with Crippen LogP contribution in [-0.4, -0.2) is 12.5 Å². The third-order valence-corrected chi connectivity index (χ3v) is 2.97. The van der Waals surface area contributed by atoms with E-state index in [2.05, 4.69) is 0 Å². The number of carbonyl (C=O) groups excluding carboxylic acids is 1. The first-order valence-electron chi connectivity index (χ1n) is 5.49. The van der Waals surface area contributed by atoms with Crippen molar-refractivity contribution in [2.45, 2.75) is 19.3 Å². The van der Waals surface area contributed by atoms with E-state index in [9.17, 15) is 4.79 Å². The van der Waals surface area contributed by atoms with Crippen LogP contribution in [0.4, 0.5) is 5.69 Å². The molecule has 4 heteroatoms. The Morgan fingerprint density at radius 3 is 2.75 bits per heavy atom. The summed E-state index contributed by atoms with van der Waals surface area (Å²) in [5.41, 5.74) is 11.7. The maximum Gasteiger partial charge on any atom is 0.252 e. The SMILES string of the molecule is NC(=O)c1cc(N)ccc1OCC1CCC1. The number of nitrogen functional groups attached to an aromatic ring is 1. The second-order valence-electron chi connectivity index (χ2n) is 4.23. The van der Waals surface area contributed by atoms with Gasteiger partial charge in [-0.3, -0.25) is 4.79 Å². The van der Waals surface area contributed by atoms with Crippen molar-refractivity contribution >= 4 is 11.6 Å². The van der Waals surface area contributed by atoms with Gasteiger partial charge in [-0.25, -0.2) is 0 Å². The highest BCUT2D eigenvalue weighted by Gasteiger charge is 2.19. The first-order chi connectivity index (χ1) is 7.66. The zero-order chi connectivity index (χ0) is 11.5. The van der Waals surface area contributed by atoms with E-state index < -0.39 is 5.91 Å². The smallest absolute Gasteiger partial charge is 0.252 e. The van der Waals surface area contributed by atoms with Gasteiger partial charge in [0.15, 0.2) is 0 Å². The molecule has 0 radical (unpaired) electrons. The Labute approximate surface area is 94.6 Å². The molecule has 1 amide bonds. The highest BCUT2D eigenvalue weighted by atomic mass is 16.5. The molecule has 0 bridgehead atoms. The minimum Gasteiger partial charge on any atom is -0.492 e. The first-order valence-corrected chi connectivity index (χ1v) is 5.49. The minimum absolute atomic E-state index is 0.360. The third kappa shape index (κ3) is 2.27. The van der Waals surface area contributed by atoms with E-state index in [1.54, 1.807) is 18.2 Å². The molecule has 1 aliphatic carbocycles. The van der Waals surface area contributed by atoms with Gasteiger partial charge in [0, 0.05) is 5.69 Å². The number of nitrogens with two attached hydrogens (primary N) is 2. The summed E-state index contributed by atoms with van der Waals surface area (Å²) in [6, 6.07) is 4.97. The molecule has 0 heterocycles. The van der Waals surface area contributed by atoms with E-state index >= 15 is 0 Å². The molecule has 0 atom stereocenters. The van der Waals surface area contributed by atoms with E-state index in [1.165, 1.54) is 19.3 Å². The summed E-state index contributed by atoms with van der Waals surface area (Å²) in [5.74, 6) is 0.655. The Bertz CT molecular complexity index is 400. The van der Waals surface area contributed by atoms with Crippen LogP contribution in [0.2, 0.25) is 0 Å². The average molecular weight is 220 g/mol. The largest absolute Gasteiger partial charge is 0.492 e. The molecule has 1 fully saturated rings. The van der Waals surface area contributed by atoms with E-state index in [4.69, 9.17) is 16.2 Å². The second-order valence-corrected chi connectivity index (χ2v) is 4.23. The highest BCUT2D eigenvalue weighted by molar-refractivity contribution is 5.96. The number of anilines is 1. The number of benzene rings is 1. The number of hydrogen-bond acceptors (Lipinski definition) is 3. The number of primary amides is 1. The lowest BCUT2D eigenvalue weighted by atomic mass is 9.86. The van der Waals surface area contributed by atoms with Crippen LogP contribution in [0.3, 0.4) is 0 Å². The Balaban J connectivity index is 2.08. The number of amides is 1. The Hall–Kier alpha value is -1.71. The summed E-state index contributed by atoms with van der Waals surface area (Å²) in [6.07, 6.45) is 3.69. The van der Waals surface area contributed by atoms with Crippen molar-refractivity contribution in [2.75, 3.05) is 12.3 Å². The molecule has 0 spiro atoms. The summed E-state index contributed by atoms with van der Waals surface area (Å²) in [4.78, 5) is 11.2. The highest BCUT2D eigenvalue weighted by Crippen LogP contribution is 2.28. The van der Waals surface area contributed by atoms with Crippen molar-refractivity contribution in [1.29, 1.82) is 0 Å². The van der Waals surface area contributed by atoms with Gasteiger partial charge in [0.1, 0.15) is 5.75 Å². The van der Waals surface area contributed by atoms with Crippen molar-refractivity contribution < 1.29 is 9.53 Å². The molecule has 16 heavy (non-hydrogen) atoms. The predicted octanol–water partition coefficient (Wildman–Crippen LogP) is 1.55. The van der Waals surface area contributed by atoms with Crippen LogP contribution in [0.1, 0.15) is 29.6 Å². The zero-order valence-electron chi connectivity index (χ0n) is 9.11. The predicted molar refractivity (Wildman–Crippen MR) is 62.2 cm³/mol. The van der Waals surface area contributed by atoms with Gasteiger partial charge in [-0.1, -0.05) is 6.42 Å². The van der Waals surface area contributed by atoms with Crippen LogP contribution in [0.25, 0.3) is 0 Å². The fourth-order valence-electron chi connectivity index (χ4n) is 1.73. The molecule has 1 aromatic rings. The Morgan fingerprint density at radius 1 is 1.44 bits per heavy atom. The molecular formula is C12H16N2O2. The summed E-state index contributed by atoms with van der Waals surface area (Å²) in [6.45, 7) is 0.657. The minimum atomic E-state index is -0.504. The van der Waals surface area contributed by atoms with Gasteiger partial charge in [-0.15, -0.1) is 0 Å². The second kappa shape index (κ2) is 4.43. The van der Waals surface area contributed by atoms with Crippen molar-refractivity contribution in [1.82, 2.24) is 0 Å². The molecule has 0 unspecified atom stereocenters. The van der Waals surface area contributed by atoms with Crippen molar-refractivity contribution in [3.63, 3.8) is 0 Å². The fourth-order valence-corrected chi connectivity index (χ4v) is 1.73. The molecule has 1 aromatic carbocycles.